The molecule has 0 unspecified atom stereocenters. The first-order chi connectivity index (χ1) is 10.2. The molecule has 0 fully saturated rings. The van der Waals surface area contributed by atoms with Gasteiger partial charge in [-0.15, -0.1) is 0 Å². The molecule has 5 heteroatoms. The molecular formula is C16H14ClN3O. The summed E-state index contributed by atoms with van der Waals surface area (Å²) in [5.74, 6) is 1.06. The Labute approximate surface area is 127 Å². The van der Waals surface area contributed by atoms with Gasteiger partial charge in [0.1, 0.15) is 0 Å². The molecule has 0 saturated heterocycles. The van der Waals surface area contributed by atoms with Crippen LogP contribution in [0.15, 0.2) is 53.1 Å². The van der Waals surface area contributed by atoms with E-state index in [1.165, 1.54) is 5.56 Å². The number of anilines is 1. The molecule has 2 aromatic carbocycles. The zero-order chi connectivity index (χ0) is 14.7. The van der Waals surface area contributed by atoms with E-state index in [1.807, 2.05) is 30.3 Å². The van der Waals surface area contributed by atoms with Crippen LogP contribution in [0.5, 0.6) is 0 Å². The van der Waals surface area contributed by atoms with Gasteiger partial charge in [-0.1, -0.05) is 53.2 Å². The predicted molar refractivity (Wildman–Crippen MR) is 83.0 cm³/mol. The van der Waals surface area contributed by atoms with Crippen molar-refractivity contribution in [3.8, 4) is 11.5 Å². The third-order valence-electron chi connectivity index (χ3n) is 3.23. The number of nitrogens with two attached hydrogens (primary N) is 1. The van der Waals surface area contributed by atoms with Gasteiger partial charge in [-0.2, -0.15) is 4.98 Å². The van der Waals surface area contributed by atoms with Gasteiger partial charge < -0.3 is 10.3 Å². The van der Waals surface area contributed by atoms with Crippen LogP contribution in [0.25, 0.3) is 11.5 Å². The van der Waals surface area contributed by atoms with Crippen molar-refractivity contribution >= 4 is 17.3 Å². The van der Waals surface area contributed by atoms with Gasteiger partial charge in [0.2, 0.25) is 0 Å². The zero-order valence-electron chi connectivity index (χ0n) is 11.3. The number of para-hydroxylation sites is 1. The summed E-state index contributed by atoms with van der Waals surface area (Å²) in [5.41, 5.74) is 8.29. The van der Waals surface area contributed by atoms with Gasteiger partial charge >= 0.3 is 0 Å². The Kier molecular flexibility index (Phi) is 3.88. The second kappa shape index (κ2) is 5.97. The molecule has 0 bridgehead atoms. The van der Waals surface area contributed by atoms with Gasteiger partial charge in [0.15, 0.2) is 5.82 Å². The van der Waals surface area contributed by atoms with E-state index in [0.717, 1.165) is 6.42 Å². The molecule has 0 saturated carbocycles. The summed E-state index contributed by atoms with van der Waals surface area (Å²) in [4.78, 5) is 4.38. The SMILES string of the molecule is Nc1c(Cl)cccc1-c1nc(CCc2ccccc2)no1. The normalized spacial score (nSPS) is 10.7. The molecule has 4 nitrogen and oxygen atoms in total. The fraction of sp³-hybridized carbons (Fsp3) is 0.125. The summed E-state index contributed by atoms with van der Waals surface area (Å²) in [6.07, 6.45) is 1.58. The van der Waals surface area contributed by atoms with Gasteiger partial charge in [-0.05, 0) is 24.1 Å². The minimum atomic E-state index is 0.401. The van der Waals surface area contributed by atoms with Crippen LogP contribution in [-0.4, -0.2) is 10.1 Å². The minimum Gasteiger partial charge on any atom is -0.397 e. The molecule has 0 aliphatic heterocycles. The number of hydrogen-bond acceptors (Lipinski definition) is 4. The van der Waals surface area contributed by atoms with E-state index in [9.17, 15) is 0 Å². The van der Waals surface area contributed by atoms with Crippen LogP contribution in [0.2, 0.25) is 5.02 Å². The highest BCUT2D eigenvalue weighted by Crippen LogP contribution is 2.30. The van der Waals surface area contributed by atoms with Gasteiger partial charge in [0, 0.05) is 6.42 Å². The Morgan fingerprint density at radius 2 is 1.81 bits per heavy atom. The molecule has 21 heavy (non-hydrogen) atoms. The minimum absolute atomic E-state index is 0.401. The van der Waals surface area contributed by atoms with Gasteiger partial charge in [-0.25, -0.2) is 0 Å². The molecule has 0 aliphatic carbocycles. The maximum absolute atomic E-state index is 6.00. The highest BCUT2D eigenvalue weighted by atomic mass is 35.5. The average Bonchev–Trinajstić information content (AvgIpc) is 2.98. The van der Waals surface area contributed by atoms with Gasteiger partial charge in [-0.3, -0.25) is 0 Å². The summed E-state index contributed by atoms with van der Waals surface area (Å²) in [6.45, 7) is 0. The molecule has 0 atom stereocenters. The van der Waals surface area contributed by atoms with Crippen molar-refractivity contribution in [2.75, 3.05) is 5.73 Å². The molecular weight excluding hydrogens is 286 g/mol. The van der Waals surface area contributed by atoms with E-state index >= 15 is 0 Å². The monoisotopic (exact) mass is 299 g/mol. The number of rotatable bonds is 4. The van der Waals surface area contributed by atoms with Gasteiger partial charge in [0.25, 0.3) is 5.89 Å². The Bertz CT molecular complexity index is 740. The lowest BCUT2D eigenvalue weighted by Gasteiger charge is -2.01. The molecule has 106 valence electrons. The second-order valence-corrected chi connectivity index (χ2v) is 5.11. The van der Waals surface area contributed by atoms with E-state index in [0.29, 0.717) is 34.4 Å². The number of nitrogen functional groups attached to an aromatic ring is 1. The van der Waals surface area contributed by atoms with Crippen LogP contribution in [0.3, 0.4) is 0 Å². The molecule has 3 rings (SSSR count). The molecule has 0 aliphatic rings. The first-order valence-corrected chi connectivity index (χ1v) is 7.02. The maximum Gasteiger partial charge on any atom is 0.260 e. The third kappa shape index (κ3) is 3.06. The highest BCUT2D eigenvalue weighted by molar-refractivity contribution is 6.33. The van der Waals surface area contributed by atoms with E-state index in [4.69, 9.17) is 21.9 Å². The summed E-state index contributed by atoms with van der Waals surface area (Å²) in [7, 11) is 0. The number of nitrogens with zero attached hydrogens (tertiary/aromatic N) is 2. The molecule has 1 heterocycles. The van der Waals surface area contributed by atoms with Crippen LogP contribution in [0.4, 0.5) is 5.69 Å². The summed E-state index contributed by atoms with van der Waals surface area (Å²) in [5, 5.41) is 4.48. The first kappa shape index (κ1) is 13.6. The Balaban J connectivity index is 1.76. The molecule has 2 N–H and O–H groups in total. The Morgan fingerprint density at radius 1 is 1.00 bits per heavy atom. The molecule has 0 spiro atoms. The van der Waals surface area contributed by atoms with Crippen LogP contribution in [0.1, 0.15) is 11.4 Å². The van der Waals surface area contributed by atoms with E-state index in [-0.39, 0.29) is 0 Å². The predicted octanol–water partition coefficient (Wildman–Crippen LogP) is 3.76. The van der Waals surface area contributed by atoms with Crippen LogP contribution in [0, 0.1) is 0 Å². The van der Waals surface area contributed by atoms with Crippen LogP contribution >= 0.6 is 11.6 Å². The number of hydrogen-bond donors (Lipinski definition) is 1. The molecule has 0 amide bonds. The number of benzene rings is 2. The summed E-state index contributed by atoms with van der Waals surface area (Å²) in [6, 6.07) is 15.5. The van der Waals surface area contributed by atoms with Crippen molar-refractivity contribution in [3.63, 3.8) is 0 Å². The third-order valence-corrected chi connectivity index (χ3v) is 3.56. The first-order valence-electron chi connectivity index (χ1n) is 6.65. The lowest BCUT2D eigenvalue weighted by molar-refractivity contribution is 0.422. The number of aryl methyl sites for hydroxylation is 2. The topological polar surface area (TPSA) is 64.9 Å². The van der Waals surface area contributed by atoms with Crippen LogP contribution in [-0.2, 0) is 12.8 Å². The van der Waals surface area contributed by atoms with Crippen molar-refractivity contribution < 1.29 is 4.52 Å². The number of halogens is 1. The van der Waals surface area contributed by atoms with Gasteiger partial charge in [0.05, 0.1) is 16.3 Å². The van der Waals surface area contributed by atoms with E-state index < -0.39 is 0 Å². The largest absolute Gasteiger partial charge is 0.397 e. The van der Waals surface area contributed by atoms with Crippen molar-refractivity contribution in [3.05, 3.63) is 64.9 Å². The molecule has 0 radical (unpaired) electrons. The average molecular weight is 300 g/mol. The zero-order valence-corrected chi connectivity index (χ0v) is 12.0. The number of aromatic nitrogens is 2. The maximum atomic E-state index is 6.00. The van der Waals surface area contributed by atoms with Crippen molar-refractivity contribution in [2.24, 2.45) is 0 Å². The lowest BCUT2D eigenvalue weighted by Crippen LogP contribution is -1.94. The smallest absolute Gasteiger partial charge is 0.260 e. The fourth-order valence-electron chi connectivity index (χ4n) is 2.09. The highest BCUT2D eigenvalue weighted by Gasteiger charge is 2.13. The summed E-state index contributed by atoms with van der Waals surface area (Å²) >= 11 is 6.00. The molecule has 1 aromatic heterocycles. The molecule has 3 aromatic rings. The van der Waals surface area contributed by atoms with Crippen LogP contribution < -0.4 is 5.73 Å². The Hall–Kier alpha value is -2.33. The lowest BCUT2D eigenvalue weighted by atomic mass is 10.1. The summed E-state index contributed by atoms with van der Waals surface area (Å²) < 4.78 is 5.28. The second-order valence-electron chi connectivity index (χ2n) is 4.70. The van der Waals surface area contributed by atoms with E-state index in [1.54, 1.807) is 6.07 Å². The van der Waals surface area contributed by atoms with Crippen molar-refractivity contribution in [1.82, 2.24) is 10.1 Å². The Morgan fingerprint density at radius 3 is 2.62 bits per heavy atom. The fourth-order valence-corrected chi connectivity index (χ4v) is 2.26. The van der Waals surface area contributed by atoms with Crippen molar-refractivity contribution in [2.45, 2.75) is 12.8 Å². The van der Waals surface area contributed by atoms with E-state index in [2.05, 4.69) is 22.3 Å². The quantitative estimate of drug-likeness (QED) is 0.745. The van der Waals surface area contributed by atoms with Crippen molar-refractivity contribution in [1.29, 1.82) is 0 Å². The standard InChI is InChI=1S/C16H14ClN3O/c17-13-8-4-7-12(15(13)18)16-19-14(20-21-16)10-9-11-5-2-1-3-6-11/h1-8H,9-10,18H2.